The van der Waals surface area contributed by atoms with Gasteiger partial charge in [0.25, 0.3) is 0 Å². The first-order valence-electron chi connectivity index (χ1n) is 7.85. The monoisotopic (exact) mass is 297 g/mol. The van der Waals surface area contributed by atoms with Crippen LogP contribution in [0.3, 0.4) is 0 Å². The molecule has 0 bridgehead atoms. The van der Waals surface area contributed by atoms with Gasteiger partial charge in [-0.2, -0.15) is 0 Å². The molecule has 0 spiro atoms. The Morgan fingerprint density at radius 2 is 1.68 bits per heavy atom. The lowest BCUT2D eigenvalue weighted by Crippen LogP contribution is -2.46. The first-order chi connectivity index (χ1) is 10.8. The minimum Gasteiger partial charge on any atom is -0.392 e. The number of hydrogen-bond donors (Lipinski definition) is 1. The Labute approximate surface area is 132 Å². The third-order valence-corrected chi connectivity index (χ3v) is 4.25. The molecule has 4 heteroatoms. The molecular formula is C18H23N3O. The van der Waals surface area contributed by atoms with Crippen molar-refractivity contribution in [3.8, 4) is 0 Å². The number of aromatic nitrogens is 1. The Hall–Kier alpha value is -1.91. The summed E-state index contributed by atoms with van der Waals surface area (Å²) in [5.74, 6) is 1.08. The van der Waals surface area contributed by atoms with Crippen LogP contribution in [0.5, 0.6) is 0 Å². The van der Waals surface area contributed by atoms with Crippen molar-refractivity contribution in [2.24, 2.45) is 0 Å². The molecule has 0 radical (unpaired) electrons. The lowest BCUT2D eigenvalue weighted by Gasteiger charge is -2.35. The van der Waals surface area contributed by atoms with Crippen molar-refractivity contribution < 1.29 is 5.11 Å². The number of aryl methyl sites for hydroxylation is 1. The van der Waals surface area contributed by atoms with Crippen LogP contribution in [-0.4, -0.2) is 41.2 Å². The van der Waals surface area contributed by atoms with E-state index in [2.05, 4.69) is 33.0 Å². The molecule has 1 fully saturated rings. The molecule has 4 nitrogen and oxygen atoms in total. The first-order valence-corrected chi connectivity index (χ1v) is 7.85. The average Bonchev–Trinajstić information content (AvgIpc) is 2.56. The van der Waals surface area contributed by atoms with E-state index in [4.69, 9.17) is 0 Å². The fourth-order valence-corrected chi connectivity index (χ4v) is 2.95. The number of pyridine rings is 1. The van der Waals surface area contributed by atoms with Gasteiger partial charge in [-0.05, 0) is 30.2 Å². The van der Waals surface area contributed by atoms with Gasteiger partial charge in [0, 0.05) is 38.4 Å². The van der Waals surface area contributed by atoms with Gasteiger partial charge in [-0.3, -0.25) is 4.90 Å². The molecule has 1 aliphatic rings. The van der Waals surface area contributed by atoms with Crippen molar-refractivity contribution in [3.63, 3.8) is 0 Å². The molecule has 1 saturated heterocycles. The van der Waals surface area contributed by atoms with Crippen LogP contribution in [0.15, 0.2) is 42.5 Å². The summed E-state index contributed by atoms with van der Waals surface area (Å²) in [7, 11) is 0. The SMILES string of the molecule is Cc1cccc(N2CCN(Cc3ccccc3CO)CC2)n1. The maximum atomic E-state index is 9.43. The maximum Gasteiger partial charge on any atom is 0.128 e. The molecule has 0 aliphatic carbocycles. The third kappa shape index (κ3) is 3.46. The quantitative estimate of drug-likeness (QED) is 0.939. The second-order valence-electron chi connectivity index (χ2n) is 5.83. The van der Waals surface area contributed by atoms with Gasteiger partial charge < -0.3 is 10.0 Å². The number of nitrogens with zero attached hydrogens (tertiary/aromatic N) is 3. The highest BCUT2D eigenvalue weighted by atomic mass is 16.3. The van der Waals surface area contributed by atoms with Crippen molar-refractivity contribution in [1.82, 2.24) is 9.88 Å². The highest BCUT2D eigenvalue weighted by molar-refractivity contribution is 5.39. The van der Waals surface area contributed by atoms with E-state index in [1.54, 1.807) is 0 Å². The number of rotatable bonds is 4. The van der Waals surface area contributed by atoms with E-state index in [-0.39, 0.29) is 6.61 Å². The smallest absolute Gasteiger partial charge is 0.128 e. The molecule has 116 valence electrons. The zero-order chi connectivity index (χ0) is 15.4. The van der Waals surface area contributed by atoms with E-state index in [1.165, 1.54) is 5.56 Å². The zero-order valence-corrected chi connectivity index (χ0v) is 13.1. The molecule has 1 N–H and O–H groups in total. The zero-order valence-electron chi connectivity index (χ0n) is 13.1. The third-order valence-electron chi connectivity index (χ3n) is 4.25. The Morgan fingerprint density at radius 3 is 2.36 bits per heavy atom. The number of hydrogen-bond acceptors (Lipinski definition) is 4. The lowest BCUT2D eigenvalue weighted by atomic mass is 10.1. The Kier molecular flexibility index (Phi) is 4.71. The van der Waals surface area contributed by atoms with Crippen LogP contribution in [0.1, 0.15) is 16.8 Å². The van der Waals surface area contributed by atoms with Crippen LogP contribution in [0.2, 0.25) is 0 Å². The molecule has 0 atom stereocenters. The Balaban J connectivity index is 1.60. The number of benzene rings is 1. The highest BCUT2D eigenvalue weighted by Crippen LogP contribution is 2.17. The van der Waals surface area contributed by atoms with Gasteiger partial charge in [0.1, 0.15) is 5.82 Å². The summed E-state index contributed by atoms with van der Waals surface area (Å²) in [6, 6.07) is 14.3. The van der Waals surface area contributed by atoms with Crippen LogP contribution in [0, 0.1) is 6.92 Å². The van der Waals surface area contributed by atoms with E-state index in [0.717, 1.165) is 49.8 Å². The summed E-state index contributed by atoms with van der Waals surface area (Å²) in [6.45, 7) is 7.10. The van der Waals surface area contributed by atoms with Crippen molar-refractivity contribution in [2.75, 3.05) is 31.1 Å². The van der Waals surface area contributed by atoms with Crippen molar-refractivity contribution in [3.05, 3.63) is 59.3 Å². The second-order valence-corrected chi connectivity index (χ2v) is 5.83. The molecule has 1 aliphatic heterocycles. The molecule has 0 unspecified atom stereocenters. The highest BCUT2D eigenvalue weighted by Gasteiger charge is 2.18. The fraction of sp³-hybridized carbons (Fsp3) is 0.389. The summed E-state index contributed by atoms with van der Waals surface area (Å²) in [5, 5.41) is 9.43. The standard InChI is InChI=1S/C18H23N3O/c1-15-5-4-8-18(19-15)21-11-9-20(10-12-21)13-16-6-2-3-7-17(16)14-22/h2-8,22H,9-14H2,1H3. The van der Waals surface area contributed by atoms with Crippen molar-refractivity contribution in [1.29, 1.82) is 0 Å². The van der Waals surface area contributed by atoms with Crippen LogP contribution in [0.4, 0.5) is 5.82 Å². The van der Waals surface area contributed by atoms with Gasteiger partial charge in [0.15, 0.2) is 0 Å². The fourth-order valence-electron chi connectivity index (χ4n) is 2.95. The number of anilines is 1. The van der Waals surface area contributed by atoms with E-state index in [1.807, 2.05) is 31.2 Å². The minimum atomic E-state index is 0.114. The number of aliphatic hydroxyl groups is 1. The molecule has 2 heterocycles. The first kappa shape index (κ1) is 15.0. The molecule has 1 aromatic heterocycles. The summed E-state index contributed by atoms with van der Waals surface area (Å²) >= 11 is 0. The maximum absolute atomic E-state index is 9.43. The number of aliphatic hydroxyl groups excluding tert-OH is 1. The van der Waals surface area contributed by atoms with E-state index in [9.17, 15) is 5.11 Å². The van der Waals surface area contributed by atoms with E-state index >= 15 is 0 Å². The summed E-state index contributed by atoms with van der Waals surface area (Å²) in [6.07, 6.45) is 0. The van der Waals surface area contributed by atoms with Crippen LogP contribution >= 0.6 is 0 Å². The molecular weight excluding hydrogens is 274 g/mol. The topological polar surface area (TPSA) is 39.6 Å². The average molecular weight is 297 g/mol. The van der Waals surface area contributed by atoms with E-state index in [0.29, 0.717) is 0 Å². The molecule has 3 rings (SSSR count). The normalized spacial score (nSPS) is 16.0. The van der Waals surface area contributed by atoms with Crippen molar-refractivity contribution in [2.45, 2.75) is 20.1 Å². The van der Waals surface area contributed by atoms with Gasteiger partial charge in [-0.15, -0.1) is 0 Å². The van der Waals surface area contributed by atoms with Gasteiger partial charge in [0.05, 0.1) is 6.61 Å². The van der Waals surface area contributed by atoms with Gasteiger partial charge in [-0.1, -0.05) is 30.3 Å². The van der Waals surface area contributed by atoms with Gasteiger partial charge in [0.2, 0.25) is 0 Å². The summed E-state index contributed by atoms with van der Waals surface area (Å²) in [5.41, 5.74) is 3.33. The summed E-state index contributed by atoms with van der Waals surface area (Å²) in [4.78, 5) is 9.40. The van der Waals surface area contributed by atoms with Crippen molar-refractivity contribution >= 4 is 5.82 Å². The number of piperazine rings is 1. The predicted octanol–water partition coefficient (Wildman–Crippen LogP) is 2.20. The predicted molar refractivity (Wildman–Crippen MR) is 88.8 cm³/mol. The molecule has 0 amide bonds. The van der Waals surface area contributed by atoms with Crippen LogP contribution < -0.4 is 4.90 Å². The second kappa shape index (κ2) is 6.90. The molecule has 22 heavy (non-hydrogen) atoms. The van der Waals surface area contributed by atoms with Crippen LogP contribution in [-0.2, 0) is 13.2 Å². The Bertz CT molecular complexity index is 621. The van der Waals surface area contributed by atoms with Gasteiger partial charge in [-0.25, -0.2) is 4.98 Å². The molecule has 1 aromatic carbocycles. The van der Waals surface area contributed by atoms with Crippen LogP contribution in [0.25, 0.3) is 0 Å². The Morgan fingerprint density at radius 1 is 0.955 bits per heavy atom. The summed E-state index contributed by atoms with van der Waals surface area (Å²) < 4.78 is 0. The molecule has 2 aromatic rings. The van der Waals surface area contributed by atoms with E-state index < -0.39 is 0 Å². The minimum absolute atomic E-state index is 0.114. The molecule has 0 saturated carbocycles. The lowest BCUT2D eigenvalue weighted by molar-refractivity contribution is 0.242. The van der Waals surface area contributed by atoms with Gasteiger partial charge >= 0.3 is 0 Å². The largest absolute Gasteiger partial charge is 0.392 e.